The molecule has 0 radical (unpaired) electrons. The van der Waals surface area contributed by atoms with E-state index in [1.807, 2.05) is 18.2 Å². The number of pyridine rings is 1. The summed E-state index contributed by atoms with van der Waals surface area (Å²) in [5.41, 5.74) is 6.70. The van der Waals surface area contributed by atoms with Crippen molar-refractivity contribution in [2.24, 2.45) is 5.73 Å². The van der Waals surface area contributed by atoms with E-state index < -0.39 is 11.6 Å². The summed E-state index contributed by atoms with van der Waals surface area (Å²) in [6.45, 7) is 0.596. The van der Waals surface area contributed by atoms with Gasteiger partial charge in [-0.15, -0.1) is 0 Å². The van der Waals surface area contributed by atoms with Gasteiger partial charge in [-0.3, -0.25) is 4.98 Å². The first-order valence-corrected chi connectivity index (χ1v) is 6.41. The standard InChI is InChI=1S/C15H17F2N3/c1-20(7-5-12-4-2-3-6-19-12)15-13(16)8-11(10-18)9-14(15)17/h2-4,6,8-9H,5,7,10,18H2,1H3. The van der Waals surface area contributed by atoms with Gasteiger partial charge < -0.3 is 10.6 Å². The van der Waals surface area contributed by atoms with E-state index in [4.69, 9.17) is 5.73 Å². The molecular formula is C15H17F2N3. The molecule has 1 heterocycles. The molecule has 2 N–H and O–H groups in total. The molecule has 0 bridgehead atoms. The molecule has 3 nitrogen and oxygen atoms in total. The normalized spacial score (nSPS) is 10.6. The molecule has 0 fully saturated rings. The third-order valence-corrected chi connectivity index (χ3v) is 3.12. The maximum atomic E-state index is 13.9. The second kappa shape index (κ2) is 6.43. The van der Waals surface area contributed by atoms with E-state index in [1.165, 1.54) is 12.1 Å². The minimum Gasteiger partial charge on any atom is -0.369 e. The summed E-state index contributed by atoms with van der Waals surface area (Å²) in [5.74, 6) is -1.18. The van der Waals surface area contributed by atoms with Crippen LogP contribution in [0.15, 0.2) is 36.5 Å². The minimum atomic E-state index is -0.589. The predicted molar refractivity (Wildman–Crippen MR) is 75.5 cm³/mol. The molecule has 0 saturated heterocycles. The number of nitrogens with two attached hydrogens (primary N) is 1. The zero-order chi connectivity index (χ0) is 14.5. The Labute approximate surface area is 117 Å². The van der Waals surface area contributed by atoms with Crippen molar-refractivity contribution in [1.29, 1.82) is 0 Å². The molecule has 5 heteroatoms. The Morgan fingerprint density at radius 1 is 1.20 bits per heavy atom. The third kappa shape index (κ3) is 3.30. The summed E-state index contributed by atoms with van der Waals surface area (Å²) < 4.78 is 27.8. The van der Waals surface area contributed by atoms with Gasteiger partial charge in [0.15, 0.2) is 0 Å². The maximum Gasteiger partial charge on any atom is 0.149 e. The third-order valence-electron chi connectivity index (χ3n) is 3.12. The molecule has 0 saturated carbocycles. The number of nitrogens with zero attached hydrogens (tertiary/aromatic N) is 2. The maximum absolute atomic E-state index is 13.9. The SMILES string of the molecule is CN(CCc1ccccn1)c1c(F)cc(CN)cc1F. The van der Waals surface area contributed by atoms with Crippen LogP contribution < -0.4 is 10.6 Å². The number of anilines is 1. The first-order valence-electron chi connectivity index (χ1n) is 6.41. The molecule has 1 aromatic heterocycles. The zero-order valence-corrected chi connectivity index (χ0v) is 11.3. The van der Waals surface area contributed by atoms with Crippen LogP contribution in [-0.4, -0.2) is 18.6 Å². The van der Waals surface area contributed by atoms with Gasteiger partial charge in [-0.2, -0.15) is 0 Å². The fourth-order valence-electron chi connectivity index (χ4n) is 2.04. The van der Waals surface area contributed by atoms with Gasteiger partial charge in [-0.1, -0.05) is 6.07 Å². The van der Waals surface area contributed by atoms with Crippen molar-refractivity contribution in [3.8, 4) is 0 Å². The van der Waals surface area contributed by atoms with Crippen LogP contribution in [0, 0.1) is 11.6 Å². The summed E-state index contributed by atoms with van der Waals surface area (Å²) in [6, 6.07) is 8.15. The summed E-state index contributed by atoms with van der Waals surface area (Å²) >= 11 is 0. The smallest absolute Gasteiger partial charge is 0.149 e. The van der Waals surface area contributed by atoms with Gasteiger partial charge in [0, 0.05) is 38.4 Å². The quantitative estimate of drug-likeness (QED) is 0.913. The Morgan fingerprint density at radius 3 is 2.45 bits per heavy atom. The number of hydrogen-bond acceptors (Lipinski definition) is 3. The van der Waals surface area contributed by atoms with Gasteiger partial charge in [-0.25, -0.2) is 8.78 Å². The average Bonchev–Trinajstić information content (AvgIpc) is 2.45. The lowest BCUT2D eigenvalue weighted by Gasteiger charge is -2.21. The number of halogens is 2. The van der Waals surface area contributed by atoms with Gasteiger partial charge in [0.2, 0.25) is 0 Å². The fourth-order valence-corrected chi connectivity index (χ4v) is 2.04. The van der Waals surface area contributed by atoms with Crippen LogP contribution in [0.1, 0.15) is 11.3 Å². The summed E-state index contributed by atoms with van der Waals surface area (Å²) in [6.07, 6.45) is 2.32. The highest BCUT2D eigenvalue weighted by Crippen LogP contribution is 2.24. The monoisotopic (exact) mass is 277 g/mol. The van der Waals surface area contributed by atoms with E-state index in [0.717, 1.165) is 5.69 Å². The van der Waals surface area contributed by atoms with Crippen molar-refractivity contribution in [3.63, 3.8) is 0 Å². The second-order valence-electron chi connectivity index (χ2n) is 4.60. The highest BCUT2D eigenvalue weighted by Gasteiger charge is 2.15. The topological polar surface area (TPSA) is 42.2 Å². The van der Waals surface area contributed by atoms with Gasteiger partial charge in [-0.05, 0) is 29.8 Å². The molecule has 0 atom stereocenters. The highest BCUT2D eigenvalue weighted by molar-refractivity contribution is 5.50. The van der Waals surface area contributed by atoms with Crippen LogP contribution in [0.2, 0.25) is 0 Å². The van der Waals surface area contributed by atoms with E-state index in [0.29, 0.717) is 18.5 Å². The largest absolute Gasteiger partial charge is 0.369 e. The number of benzene rings is 1. The summed E-state index contributed by atoms with van der Waals surface area (Å²) in [5, 5.41) is 0. The fraction of sp³-hybridized carbons (Fsp3) is 0.267. The Hall–Kier alpha value is -2.01. The Kier molecular flexibility index (Phi) is 4.63. The van der Waals surface area contributed by atoms with Gasteiger partial charge >= 0.3 is 0 Å². The van der Waals surface area contributed by atoms with E-state index in [2.05, 4.69) is 4.98 Å². The van der Waals surface area contributed by atoms with Crippen molar-refractivity contribution in [3.05, 3.63) is 59.4 Å². The van der Waals surface area contributed by atoms with E-state index >= 15 is 0 Å². The van der Waals surface area contributed by atoms with E-state index in [9.17, 15) is 8.78 Å². The number of likely N-dealkylation sites (N-methyl/N-ethyl adjacent to an activating group) is 1. The highest BCUT2D eigenvalue weighted by atomic mass is 19.1. The van der Waals surface area contributed by atoms with Gasteiger partial charge in [0.1, 0.15) is 17.3 Å². The molecule has 20 heavy (non-hydrogen) atoms. The predicted octanol–water partition coefficient (Wildman–Crippen LogP) is 2.50. The van der Waals surface area contributed by atoms with Crippen LogP contribution in [-0.2, 0) is 13.0 Å². The zero-order valence-electron chi connectivity index (χ0n) is 11.3. The lowest BCUT2D eigenvalue weighted by atomic mass is 10.1. The summed E-state index contributed by atoms with van der Waals surface area (Å²) in [4.78, 5) is 5.74. The molecule has 0 unspecified atom stereocenters. The molecule has 0 aliphatic carbocycles. The number of rotatable bonds is 5. The van der Waals surface area contributed by atoms with E-state index in [-0.39, 0.29) is 12.2 Å². The molecule has 1 aromatic carbocycles. The lowest BCUT2D eigenvalue weighted by Crippen LogP contribution is -2.23. The molecule has 0 aliphatic rings. The van der Waals surface area contributed by atoms with Crippen molar-refractivity contribution in [2.45, 2.75) is 13.0 Å². The van der Waals surface area contributed by atoms with Crippen molar-refractivity contribution in [1.82, 2.24) is 4.98 Å². The Morgan fingerprint density at radius 2 is 1.90 bits per heavy atom. The molecule has 0 aliphatic heterocycles. The van der Waals surface area contributed by atoms with E-state index in [1.54, 1.807) is 18.1 Å². The molecule has 106 valence electrons. The number of hydrogen-bond donors (Lipinski definition) is 1. The van der Waals surface area contributed by atoms with Crippen LogP contribution in [0.5, 0.6) is 0 Å². The number of aromatic nitrogens is 1. The Bertz CT molecular complexity index is 550. The Balaban J connectivity index is 2.11. The second-order valence-corrected chi connectivity index (χ2v) is 4.60. The molecule has 2 aromatic rings. The van der Waals surface area contributed by atoms with Crippen LogP contribution >= 0.6 is 0 Å². The lowest BCUT2D eigenvalue weighted by molar-refractivity contribution is 0.573. The van der Waals surface area contributed by atoms with Crippen molar-refractivity contribution < 1.29 is 8.78 Å². The van der Waals surface area contributed by atoms with Gasteiger partial charge in [0.05, 0.1) is 0 Å². The van der Waals surface area contributed by atoms with Crippen molar-refractivity contribution >= 4 is 5.69 Å². The van der Waals surface area contributed by atoms with Crippen LogP contribution in [0.25, 0.3) is 0 Å². The van der Waals surface area contributed by atoms with Crippen molar-refractivity contribution in [2.75, 3.05) is 18.5 Å². The average molecular weight is 277 g/mol. The molecule has 0 amide bonds. The van der Waals surface area contributed by atoms with Crippen LogP contribution in [0.3, 0.4) is 0 Å². The van der Waals surface area contributed by atoms with Crippen LogP contribution in [0.4, 0.5) is 14.5 Å². The minimum absolute atomic E-state index is 0.0295. The molecule has 2 rings (SSSR count). The molecule has 0 spiro atoms. The van der Waals surface area contributed by atoms with Gasteiger partial charge in [0.25, 0.3) is 0 Å². The first-order chi connectivity index (χ1) is 9.61. The molecular weight excluding hydrogens is 260 g/mol. The first kappa shape index (κ1) is 14.4. The summed E-state index contributed by atoms with van der Waals surface area (Å²) in [7, 11) is 1.66.